The summed E-state index contributed by atoms with van der Waals surface area (Å²) in [6.45, 7) is 7.35. The summed E-state index contributed by atoms with van der Waals surface area (Å²) in [6.07, 6.45) is 0.0375. The van der Waals surface area contributed by atoms with Crippen LogP contribution < -0.4 is 65.2 Å². The van der Waals surface area contributed by atoms with Gasteiger partial charge in [0, 0.05) is 67.7 Å². The van der Waals surface area contributed by atoms with Gasteiger partial charge in [-0.05, 0) is 68.6 Å². The first-order chi connectivity index (χ1) is 36.7. The zero-order chi connectivity index (χ0) is 58.2. The Kier molecular flexibility index (Phi) is 22.1. The predicted molar refractivity (Wildman–Crippen MR) is 281 cm³/mol. The Morgan fingerprint density at radius 2 is 1.45 bits per heavy atom. The van der Waals surface area contributed by atoms with E-state index in [1.807, 2.05) is 0 Å². The van der Waals surface area contributed by atoms with Crippen LogP contribution in [0.25, 0.3) is 11.0 Å². The standard InChI is InChI=1S/C49H68N14O15/c1-25(2)17-35(44(69)55-23-33(50)43(68)59-37(19-28-10-11-29(62(73)74)20-38(28)63(75)76)46(71)58-34(42(51)67)9-7-15-54-48(52)53)57-40(65)24-56-45(70)36(18-26(3)4)60-47(72)49(14-8-16-61(49)27(5)64)32-22-41(66)78-39-21-30(77-6)12-13-31(32)39/h10-13,20-22,25-26,33-37H,7-9,14-19,23-24,50H2,1-6H3,(H2,51,67)(H,55,69)(H,56,70)(H,57,65)(H,58,71)(H,59,68)(H,60,72)(H4,52,53,54)/t33?,34-,35-,36-,37-,49+/m0/s1. The van der Waals surface area contributed by atoms with E-state index in [9.17, 15) is 63.4 Å². The third-order valence-corrected chi connectivity index (χ3v) is 12.6. The van der Waals surface area contributed by atoms with Crippen LogP contribution in [0.4, 0.5) is 11.4 Å². The molecule has 1 aromatic heterocycles. The molecule has 0 saturated carbocycles. The van der Waals surface area contributed by atoms with Gasteiger partial charge in [-0.1, -0.05) is 27.7 Å². The first kappa shape index (κ1) is 61.8. The number of nitrogens with zero attached hydrogens (tertiary/aromatic N) is 4. The fraction of sp³-hybridized carbons (Fsp3) is 0.510. The first-order valence-corrected chi connectivity index (χ1v) is 24.9. The van der Waals surface area contributed by atoms with Crippen molar-refractivity contribution in [2.45, 2.75) is 115 Å². The van der Waals surface area contributed by atoms with Crippen LogP contribution in [0.1, 0.15) is 84.3 Å². The Labute approximate surface area is 447 Å². The van der Waals surface area contributed by atoms with Gasteiger partial charge in [0.25, 0.3) is 17.3 Å². The van der Waals surface area contributed by atoms with E-state index in [2.05, 4.69) is 36.9 Å². The zero-order valence-corrected chi connectivity index (χ0v) is 44.1. The van der Waals surface area contributed by atoms with Crippen molar-refractivity contribution in [2.75, 3.05) is 33.3 Å². The van der Waals surface area contributed by atoms with Gasteiger partial charge in [-0.2, -0.15) is 0 Å². The average molecular weight is 1090 g/mol. The molecular formula is C49H68N14O15. The molecule has 424 valence electrons. The number of hydrogen-bond acceptors (Lipinski definition) is 17. The van der Waals surface area contributed by atoms with Crippen molar-refractivity contribution in [1.82, 2.24) is 36.8 Å². The molecule has 1 saturated heterocycles. The Morgan fingerprint density at radius 3 is 2.04 bits per heavy atom. The molecular weight excluding hydrogens is 1020 g/mol. The minimum Gasteiger partial charge on any atom is -0.497 e. The van der Waals surface area contributed by atoms with Crippen LogP contribution in [0, 0.1) is 32.1 Å². The summed E-state index contributed by atoms with van der Waals surface area (Å²) in [5.41, 5.74) is 18.5. The quantitative estimate of drug-likeness (QED) is 0.0102. The molecule has 6 atom stereocenters. The van der Waals surface area contributed by atoms with Gasteiger partial charge in [-0.15, -0.1) is 0 Å². The number of fused-ring (bicyclic) bond motifs is 1. The summed E-state index contributed by atoms with van der Waals surface area (Å²) in [5.74, 6) is -6.99. The molecule has 0 radical (unpaired) electrons. The lowest BCUT2D eigenvalue weighted by Gasteiger charge is -2.38. The topological polar surface area (TPSA) is 454 Å². The molecule has 0 bridgehead atoms. The second-order valence-corrected chi connectivity index (χ2v) is 19.5. The van der Waals surface area contributed by atoms with E-state index >= 15 is 0 Å². The number of ether oxygens (including phenoxy) is 1. The fourth-order valence-electron chi connectivity index (χ4n) is 8.92. The maximum atomic E-state index is 14.7. The van der Waals surface area contributed by atoms with Crippen molar-refractivity contribution in [2.24, 2.45) is 39.8 Å². The lowest BCUT2D eigenvalue weighted by molar-refractivity contribution is -0.394. The minimum atomic E-state index is -1.75. The number of guanidine groups is 1. The zero-order valence-electron chi connectivity index (χ0n) is 44.1. The molecule has 8 amide bonds. The first-order valence-electron chi connectivity index (χ1n) is 24.9. The van der Waals surface area contributed by atoms with E-state index in [0.717, 1.165) is 18.2 Å². The summed E-state index contributed by atoms with van der Waals surface area (Å²) in [7, 11) is 1.43. The number of primary amides is 1. The molecule has 4 rings (SSSR count). The van der Waals surface area contributed by atoms with Crippen LogP contribution in [0.5, 0.6) is 5.75 Å². The number of likely N-dealkylation sites (tertiary alicyclic amines) is 1. The number of amides is 8. The molecule has 3 aromatic rings. The van der Waals surface area contributed by atoms with Crippen molar-refractivity contribution < 1.29 is 57.4 Å². The summed E-state index contributed by atoms with van der Waals surface area (Å²) in [5, 5.41) is 38.8. The van der Waals surface area contributed by atoms with Crippen LogP contribution >= 0.6 is 0 Å². The van der Waals surface area contributed by atoms with Crippen LogP contribution in [0.15, 0.2) is 56.7 Å². The van der Waals surface area contributed by atoms with Crippen LogP contribution in [0.2, 0.25) is 0 Å². The second-order valence-electron chi connectivity index (χ2n) is 19.5. The van der Waals surface area contributed by atoms with Crippen molar-refractivity contribution in [3.8, 4) is 5.75 Å². The van der Waals surface area contributed by atoms with Gasteiger partial charge in [0.05, 0.1) is 29.6 Å². The van der Waals surface area contributed by atoms with E-state index < -0.39 is 129 Å². The number of non-ortho nitro benzene ring substituents is 1. The summed E-state index contributed by atoms with van der Waals surface area (Å²) >= 11 is 0. The van der Waals surface area contributed by atoms with Gasteiger partial charge in [-0.25, -0.2) is 4.79 Å². The van der Waals surface area contributed by atoms with Crippen LogP contribution in [0.3, 0.4) is 0 Å². The lowest BCUT2D eigenvalue weighted by Crippen LogP contribution is -2.59. The molecule has 2 aromatic carbocycles. The molecule has 1 aliphatic rings. The monoisotopic (exact) mass is 1090 g/mol. The molecule has 0 spiro atoms. The molecule has 14 N–H and O–H groups in total. The second kappa shape index (κ2) is 27.9. The van der Waals surface area contributed by atoms with Gasteiger partial charge < -0.3 is 68.9 Å². The number of rotatable bonds is 28. The lowest BCUT2D eigenvalue weighted by atomic mass is 9.83. The Morgan fingerprint density at radius 1 is 0.808 bits per heavy atom. The van der Waals surface area contributed by atoms with Gasteiger partial charge in [-0.3, -0.25) is 63.6 Å². The van der Waals surface area contributed by atoms with E-state index in [-0.39, 0.29) is 79.7 Å². The predicted octanol–water partition coefficient (Wildman–Crippen LogP) is -1.17. The molecule has 1 aliphatic heterocycles. The molecule has 1 fully saturated rings. The number of nitro benzene ring substituents is 2. The normalized spacial score (nSPS) is 15.9. The van der Waals surface area contributed by atoms with E-state index in [0.29, 0.717) is 23.6 Å². The van der Waals surface area contributed by atoms with Gasteiger partial charge in [0.2, 0.25) is 41.4 Å². The van der Waals surface area contributed by atoms with E-state index in [1.54, 1.807) is 39.8 Å². The maximum absolute atomic E-state index is 14.7. The maximum Gasteiger partial charge on any atom is 0.336 e. The molecule has 78 heavy (non-hydrogen) atoms. The number of carbonyl (C=O) groups excluding carboxylic acids is 8. The third-order valence-electron chi connectivity index (χ3n) is 12.6. The number of hydrogen-bond donors (Lipinski definition) is 10. The fourth-order valence-corrected chi connectivity index (χ4v) is 8.92. The van der Waals surface area contributed by atoms with E-state index in [1.165, 1.54) is 25.0 Å². The highest BCUT2D eigenvalue weighted by Crippen LogP contribution is 2.42. The highest BCUT2D eigenvalue weighted by molar-refractivity contribution is 6.00. The Hall–Kier alpha value is -8.76. The number of methoxy groups -OCH3 is 1. The molecule has 0 aliphatic carbocycles. The third kappa shape index (κ3) is 16.6. The minimum absolute atomic E-state index is 0.0519. The SMILES string of the molecule is COc1ccc2c([C@@]3(C(=O)N[C@@H](CC(C)C)C(=O)NCC(=O)N[C@@H](CC(C)C)C(=O)NCC(N)C(=O)N[C@@H](Cc4ccc([N+](=O)[O-])cc4[N+](=O)[O-])C(=O)N[C@@H](CCCN=C(N)N)C(N)=O)CCCN3C(C)=O)cc(=O)oc2c1. The number of carbonyl (C=O) groups is 8. The molecule has 29 heteroatoms. The number of aliphatic imine (C=N–C) groups is 1. The Balaban J connectivity index is 1.48. The number of nitrogens with one attached hydrogen (secondary N) is 6. The average Bonchev–Trinajstić information content (AvgIpc) is 3.98. The smallest absolute Gasteiger partial charge is 0.336 e. The molecule has 29 nitrogen and oxygen atoms in total. The number of nitro groups is 2. The van der Waals surface area contributed by atoms with Crippen LogP contribution in [-0.2, 0) is 50.3 Å². The van der Waals surface area contributed by atoms with Crippen LogP contribution in [-0.4, -0.2) is 131 Å². The van der Waals surface area contributed by atoms with E-state index in [4.69, 9.17) is 32.1 Å². The summed E-state index contributed by atoms with van der Waals surface area (Å²) in [4.78, 5) is 148. The van der Waals surface area contributed by atoms with Crippen molar-refractivity contribution in [3.63, 3.8) is 0 Å². The number of benzene rings is 2. The van der Waals surface area contributed by atoms with Gasteiger partial charge in [0.1, 0.15) is 47.1 Å². The largest absolute Gasteiger partial charge is 0.497 e. The van der Waals surface area contributed by atoms with Gasteiger partial charge >= 0.3 is 5.63 Å². The molecule has 2 heterocycles. The highest BCUT2D eigenvalue weighted by atomic mass is 16.6. The summed E-state index contributed by atoms with van der Waals surface area (Å²) in [6, 6.07) is 1.29. The summed E-state index contributed by atoms with van der Waals surface area (Å²) < 4.78 is 10.7. The number of nitrogens with two attached hydrogens (primary N) is 4. The van der Waals surface area contributed by atoms with Crippen molar-refractivity contribution >= 4 is 75.6 Å². The highest BCUT2D eigenvalue weighted by Gasteiger charge is 2.52. The van der Waals surface area contributed by atoms with Crippen molar-refractivity contribution in [3.05, 3.63) is 84.2 Å². The Bertz CT molecular complexity index is 2850. The molecule has 1 unspecified atom stereocenters. The van der Waals surface area contributed by atoms with Crippen molar-refractivity contribution in [1.29, 1.82) is 0 Å². The van der Waals surface area contributed by atoms with Gasteiger partial charge in [0.15, 0.2) is 5.96 Å².